The molecule has 0 spiro atoms. The molecule has 1 heterocycles. The Hall–Kier alpha value is -2.07. The van der Waals surface area contributed by atoms with Gasteiger partial charge in [-0.15, -0.1) is 0 Å². The molecule has 3 atom stereocenters. The van der Waals surface area contributed by atoms with Gasteiger partial charge >= 0.3 is 5.97 Å². The van der Waals surface area contributed by atoms with Crippen LogP contribution in [-0.4, -0.2) is 12.6 Å². The molecule has 2 aromatic carbocycles. The fraction of sp³-hybridized carbons (Fsp3) is 0.286. The number of ether oxygens (including phenoxy) is 1. The van der Waals surface area contributed by atoms with Crippen molar-refractivity contribution >= 4 is 27.6 Å². The second-order valence-corrected chi connectivity index (χ2v) is 7.47. The van der Waals surface area contributed by atoms with Gasteiger partial charge in [0.1, 0.15) is 0 Å². The molecule has 1 N–H and O–H groups in total. The SMILES string of the molecule is CCOC(=O)c1ccc2c(c1)[C@@H]1C=CC[C@H]1[C@H](c1cccc(Br)c1)N2. The first-order valence-electron chi connectivity index (χ1n) is 8.67. The van der Waals surface area contributed by atoms with Gasteiger partial charge in [0.2, 0.25) is 0 Å². The molecule has 0 bridgehead atoms. The molecule has 0 radical (unpaired) electrons. The molecule has 4 rings (SSSR count). The molecule has 0 fully saturated rings. The van der Waals surface area contributed by atoms with E-state index in [1.807, 2.05) is 25.1 Å². The van der Waals surface area contributed by atoms with E-state index in [0.717, 1.165) is 16.6 Å². The number of benzene rings is 2. The molecule has 2 aliphatic rings. The number of allylic oxidation sites excluding steroid dienone is 2. The molecule has 0 saturated heterocycles. The Kier molecular flexibility index (Phi) is 4.38. The van der Waals surface area contributed by atoms with Crippen molar-refractivity contribution in [3.05, 3.63) is 75.8 Å². The minimum Gasteiger partial charge on any atom is -0.462 e. The van der Waals surface area contributed by atoms with E-state index in [9.17, 15) is 4.79 Å². The molecule has 3 nitrogen and oxygen atoms in total. The number of hydrogen-bond acceptors (Lipinski definition) is 3. The van der Waals surface area contributed by atoms with E-state index < -0.39 is 0 Å². The van der Waals surface area contributed by atoms with Crippen LogP contribution in [0, 0.1) is 5.92 Å². The normalized spacial score (nSPS) is 23.5. The van der Waals surface area contributed by atoms with Crippen LogP contribution in [0.5, 0.6) is 0 Å². The molecule has 1 aliphatic carbocycles. The molecule has 1 aliphatic heterocycles. The van der Waals surface area contributed by atoms with Crippen LogP contribution >= 0.6 is 15.9 Å². The van der Waals surface area contributed by atoms with Gasteiger partial charge in [-0.05, 0) is 60.7 Å². The van der Waals surface area contributed by atoms with Crippen LogP contribution in [0.4, 0.5) is 5.69 Å². The third kappa shape index (κ3) is 2.99. The lowest BCUT2D eigenvalue weighted by atomic mass is 9.76. The maximum absolute atomic E-state index is 12.1. The van der Waals surface area contributed by atoms with Gasteiger partial charge in [-0.25, -0.2) is 4.79 Å². The maximum atomic E-state index is 12.1. The zero-order valence-electron chi connectivity index (χ0n) is 14.0. The van der Waals surface area contributed by atoms with E-state index in [-0.39, 0.29) is 12.0 Å². The topological polar surface area (TPSA) is 38.3 Å². The predicted octanol–water partition coefficient (Wildman–Crippen LogP) is 5.45. The number of rotatable bonds is 3. The highest BCUT2D eigenvalue weighted by Crippen LogP contribution is 2.50. The highest BCUT2D eigenvalue weighted by Gasteiger charge is 2.38. The first-order chi connectivity index (χ1) is 12.2. The van der Waals surface area contributed by atoms with E-state index in [4.69, 9.17) is 4.74 Å². The Labute approximate surface area is 156 Å². The van der Waals surface area contributed by atoms with Crippen LogP contribution in [0.25, 0.3) is 0 Å². The van der Waals surface area contributed by atoms with Gasteiger partial charge in [-0.2, -0.15) is 0 Å². The minimum absolute atomic E-state index is 0.252. The fourth-order valence-electron chi connectivity index (χ4n) is 3.97. The van der Waals surface area contributed by atoms with Gasteiger partial charge in [-0.3, -0.25) is 0 Å². The van der Waals surface area contributed by atoms with Crippen molar-refractivity contribution in [2.45, 2.75) is 25.3 Å². The minimum atomic E-state index is -0.252. The summed E-state index contributed by atoms with van der Waals surface area (Å²) in [5.41, 5.74) is 4.21. The summed E-state index contributed by atoms with van der Waals surface area (Å²) in [7, 11) is 0. The quantitative estimate of drug-likeness (QED) is 0.552. The van der Waals surface area contributed by atoms with Gasteiger partial charge in [0, 0.05) is 16.1 Å². The summed E-state index contributed by atoms with van der Waals surface area (Å²) in [6.07, 6.45) is 5.58. The molecular weight excluding hydrogens is 378 g/mol. The number of esters is 1. The monoisotopic (exact) mass is 397 g/mol. The van der Waals surface area contributed by atoms with Crippen LogP contribution in [0.2, 0.25) is 0 Å². The van der Waals surface area contributed by atoms with E-state index >= 15 is 0 Å². The van der Waals surface area contributed by atoms with Crippen LogP contribution in [0.3, 0.4) is 0 Å². The predicted molar refractivity (Wildman–Crippen MR) is 103 cm³/mol. The van der Waals surface area contributed by atoms with Crippen molar-refractivity contribution in [3.8, 4) is 0 Å². The standard InChI is InChI=1S/C21H20BrNO2/c1-2-25-21(24)14-9-10-19-18(12-14)16-7-4-8-17(16)20(23-19)13-5-3-6-15(22)11-13/h3-7,9-12,16-17,20,23H,2,8H2,1H3/t16-,17-,20+/m1/s1. The Balaban J connectivity index is 1.72. The number of halogens is 1. The fourth-order valence-corrected chi connectivity index (χ4v) is 4.38. The molecule has 0 unspecified atom stereocenters. The molecule has 0 aromatic heterocycles. The number of carbonyl (C=O) groups is 1. The lowest BCUT2D eigenvalue weighted by Gasteiger charge is -2.37. The Morgan fingerprint density at radius 2 is 2.16 bits per heavy atom. The summed E-state index contributed by atoms with van der Waals surface area (Å²) in [4.78, 5) is 12.1. The number of nitrogens with one attached hydrogen (secondary N) is 1. The number of anilines is 1. The third-order valence-electron chi connectivity index (χ3n) is 5.08. The second-order valence-electron chi connectivity index (χ2n) is 6.55. The van der Waals surface area contributed by atoms with Crippen molar-refractivity contribution in [3.63, 3.8) is 0 Å². The van der Waals surface area contributed by atoms with Gasteiger partial charge in [0.05, 0.1) is 18.2 Å². The highest BCUT2D eigenvalue weighted by atomic mass is 79.9. The summed E-state index contributed by atoms with van der Waals surface area (Å²) < 4.78 is 6.25. The average Bonchev–Trinajstić information content (AvgIpc) is 3.11. The molecule has 4 heteroatoms. The Morgan fingerprint density at radius 1 is 1.28 bits per heavy atom. The van der Waals surface area contributed by atoms with Crippen LogP contribution in [0.1, 0.15) is 46.8 Å². The molecule has 2 aromatic rings. The summed E-state index contributed by atoms with van der Waals surface area (Å²) in [6, 6.07) is 14.6. The van der Waals surface area contributed by atoms with E-state index in [1.54, 1.807) is 0 Å². The van der Waals surface area contributed by atoms with E-state index in [1.165, 1.54) is 11.1 Å². The second kappa shape index (κ2) is 6.68. The third-order valence-corrected chi connectivity index (χ3v) is 5.57. The van der Waals surface area contributed by atoms with Crippen LogP contribution in [0.15, 0.2) is 59.1 Å². The Bertz CT molecular complexity index is 846. The van der Waals surface area contributed by atoms with E-state index in [2.05, 4.69) is 57.7 Å². The van der Waals surface area contributed by atoms with Gasteiger partial charge in [0.25, 0.3) is 0 Å². The average molecular weight is 398 g/mol. The smallest absolute Gasteiger partial charge is 0.338 e. The first-order valence-corrected chi connectivity index (χ1v) is 9.46. The van der Waals surface area contributed by atoms with Crippen molar-refractivity contribution in [2.75, 3.05) is 11.9 Å². The lowest BCUT2D eigenvalue weighted by molar-refractivity contribution is 0.0526. The van der Waals surface area contributed by atoms with Crippen molar-refractivity contribution < 1.29 is 9.53 Å². The molecule has 128 valence electrons. The summed E-state index contributed by atoms with van der Waals surface area (Å²) >= 11 is 3.58. The molecule has 0 amide bonds. The van der Waals surface area contributed by atoms with E-state index in [0.29, 0.717) is 24.0 Å². The molecular formula is C21H20BrNO2. The van der Waals surface area contributed by atoms with Crippen molar-refractivity contribution in [2.24, 2.45) is 5.92 Å². The largest absolute Gasteiger partial charge is 0.462 e. The Morgan fingerprint density at radius 3 is 2.96 bits per heavy atom. The first kappa shape index (κ1) is 16.4. The zero-order valence-corrected chi connectivity index (χ0v) is 15.6. The highest BCUT2D eigenvalue weighted by molar-refractivity contribution is 9.10. The van der Waals surface area contributed by atoms with Crippen molar-refractivity contribution in [1.29, 1.82) is 0 Å². The van der Waals surface area contributed by atoms with Crippen molar-refractivity contribution in [1.82, 2.24) is 0 Å². The molecule has 0 saturated carbocycles. The summed E-state index contributed by atoms with van der Waals surface area (Å²) in [5, 5.41) is 3.70. The van der Waals surface area contributed by atoms with Gasteiger partial charge in [0.15, 0.2) is 0 Å². The zero-order chi connectivity index (χ0) is 17.4. The van der Waals surface area contributed by atoms with Crippen LogP contribution in [-0.2, 0) is 4.74 Å². The molecule has 25 heavy (non-hydrogen) atoms. The van der Waals surface area contributed by atoms with Gasteiger partial charge < -0.3 is 10.1 Å². The van der Waals surface area contributed by atoms with Gasteiger partial charge in [-0.1, -0.05) is 40.2 Å². The number of fused-ring (bicyclic) bond motifs is 3. The lowest BCUT2D eigenvalue weighted by Crippen LogP contribution is -2.29. The maximum Gasteiger partial charge on any atom is 0.338 e. The number of hydrogen-bond donors (Lipinski definition) is 1. The number of carbonyl (C=O) groups excluding carboxylic acids is 1. The van der Waals surface area contributed by atoms with Crippen LogP contribution < -0.4 is 5.32 Å². The summed E-state index contributed by atoms with van der Waals surface area (Å²) in [6.45, 7) is 2.22. The summed E-state index contributed by atoms with van der Waals surface area (Å²) in [5.74, 6) is 0.534.